The minimum Gasteiger partial charge on any atom is -0.381 e. The average molecular weight is 255 g/mol. The highest BCUT2D eigenvalue weighted by Crippen LogP contribution is 2.26. The lowest BCUT2D eigenvalue weighted by atomic mass is 10.0. The van der Waals surface area contributed by atoms with Crippen LogP contribution in [0.15, 0.2) is 28.8 Å². The summed E-state index contributed by atoms with van der Waals surface area (Å²) in [6, 6.07) is 9.25. The van der Waals surface area contributed by atoms with Gasteiger partial charge in [0.25, 0.3) is 5.89 Å². The van der Waals surface area contributed by atoms with Crippen molar-refractivity contribution in [2.45, 2.75) is 18.8 Å². The number of benzene rings is 1. The quantitative estimate of drug-likeness (QED) is 0.824. The van der Waals surface area contributed by atoms with E-state index in [-0.39, 0.29) is 5.92 Å². The van der Waals surface area contributed by atoms with E-state index in [1.165, 1.54) is 0 Å². The van der Waals surface area contributed by atoms with Crippen LogP contribution in [0.1, 0.15) is 30.1 Å². The third kappa shape index (κ3) is 2.49. The second kappa shape index (κ2) is 5.21. The Bertz CT molecular complexity index is 609. The molecule has 1 fully saturated rings. The smallest absolute Gasteiger partial charge is 0.257 e. The average Bonchev–Trinajstić information content (AvgIpc) is 2.98. The highest BCUT2D eigenvalue weighted by molar-refractivity contribution is 5.56. The highest BCUT2D eigenvalue weighted by atomic mass is 16.5. The van der Waals surface area contributed by atoms with Crippen molar-refractivity contribution in [1.82, 2.24) is 10.1 Å². The van der Waals surface area contributed by atoms with E-state index in [1.54, 1.807) is 12.1 Å². The summed E-state index contributed by atoms with van der Waals surface area (Å²) < 4.78 is 10.7. The fourth-order valence-electron chi connectivity index (χ4n) is 2.18. The molecule has 0 bridgehead atoms. The van der Waals surface area contributed by atoms with Crippen LogP contribution in [-0.4, -0.2) is 23.4 Å². The monoisotopic (exact) mass is 255 g/mol. The van der Waals surface area contributed by atoms with Crippen LogP contribution in [0.5, 0.6) is 0 Å². The van der Waals surface area contributed by atoms with Gasteiger partial charge in [-0.1, -0.05) is 11.2 Å². The van der Waals surface area contributed by atoms with E-state index in [0.29, 0.717) is 23.9 Å². The molecular formula is C14H13N3O2. The summed E-state index contributed by atoms with van der Waals surface area (Å²) in [5.74, 6) is 1.36. The van der Waals surface area contributed by atoms with Crippen LogP contribution in [0.4, 0.5) is 0 Å². The Hall–Kier alpha value is -2.19. The molecule has 2 heterocycles. The van der Waals surface area contributed by atoms with E-state index >= 15 is 0 Å². The van der Waals surface area contributed by atoms with Crippen LogP contribution in [0, 0.1) is 11.3 Å². The first-order valence-electron chi connectivity index (χ1n) is 6.29. The summed E-state index contributed by atoms with van der Waals surface area (Å²) in [5, 5.41) is 12.9. The first kappa shape index (κ1) is 11.9. The molecule has 0 aliphatic carbocycles. The van der Waals surface area contributed by atoms with Gasteiger partial charge in [-0.05, 0) is 31.0 Å². The van der Waals surface area contributed by atoms with Crippen molar-refractivity contribution in [2.24, 2.45) is 0 Å². The number of nitrogens with zero attached hydrogens (tertiary/aromatic N) is 3. The Balaban J connectivity index is 1.86. The Kier molecular flexibility index (Phi) is 3.25. The van der Waals surface area contributed by atoms with Crippen molar-refractivity contribution in [3.05, 3.63) is 35.7 Å². The van der Waals surface area contributed by atoms with Crippen molar-refractivity contribution in [2.75, 3.05) is 13.2 Å². The number of aromatic nitrogens is 2. The lowest BCUT2D eigenvalue weighted by Gasteiger charge is -2.18. The van der Waals surface area contributed by atoms with E-state index in [4.69, 9.17) is 14.5 Å². The molecule has 0 saturated carbocycles. The van der Waals surface area contributed by atoms with Gasteiger partial charge in [-0.3, -0.25) is 0 Å². The standard InChI is InChI=1S/C14H13N3O2/c15-8-10-3-1-4-11(7-10)14-16-13(17-19-14)12-5-2-6-18-9-12/h1,3-4,7,12H,2,5-6,9H2. The van der Waals surface area contributed by atoms with Gasteiger partial charge in [0.2, 0.25) is 0 Å². The molecule has 0 amide bonds. The lowest BCUT2D eigenvalue weighted by Crippen LogP contribution is -2.16. The maximum atomic E-state index is 8.88. The number of rotatable bonds is 2. The molecule has 0 radical (unpaired) electrons. The van der Waals surface area contributed by atoms with Crippen LogP contribution in [-0.2, 0) is 4.74 Å². The Morgan fingerprint density at radius 3 is 3.11 bits per heavy atom. The predicted octanol–water partition coefficient (Wildman–Crippen LogP) is 2.50. The van der Waals surface area contributed by atoms with Crippen LogP contribution in [0.3, 0.4) is 0 Å². The number of nitriles is 1. The van der Waals surface area contributed by atoms with Gasteiger partial charge in [-0.25, -0.2) is 0 Å². The van der Waals surface area contributed by atoms with E-state index in [2.05, 4.69) is 16.2 Å². The van der Waals surface area contributed by atoms with Crippen LogP contribution in [0.2, 0.25) is 0 Å². The normalized spacial score (nSPS) is 19.0. The van der Waals surface area contributed by atoms with E-state index in [1.807, 2.05) is 12.1 Å². The Morgan fingerprint density at radius 2 is 2.32 bits per heavy atom. The molecule has 0 N–H and O–H groups in total. The van der Waals surface area contributed by atoms with Gasteiger partial charge in [0.1, 0.15) is 0 Å². The van der Waals surface area contributed by atoms with Gasteiger partial charge < -0.3 is 9.26 Å². The van der Waals surface area contributed by atoms with Crippen molar-refractivity contribution in [3.8, 4) is 17.5 Å². The summed E-state index contributed by atoms with van der Waals surface area (Å²) in [5.41, 5.74) is 1.35. The van der Waals surface area contributed by atoms with E-state index in [9.17, 15) is 0 Å². The maximum Gasteiger partial charge on any atom is 0.257 e. The van der Waals surface area contributed by atoms with E-state index in [0.717, 1.165) is 25.0 Å². The molecule has 1 unspecified atom stereocenters. The lowest BCUT2D eigenvalue weighted by molar-refractivity contribution is 0.0773. The second-order valence-electron chi connectivity index (χ2n) is 4.56. The van der Waals surface area contributed by atoms with Gasteiger partial charge in [0, 0.05) is 18.1 Å². The molecule has 1 aromatic heterocycles. The molecule has 1 aliphatic rings. The maximum absolute atomic E-state index is 8.88. The van der Waals surface area contributed by atoms with Gasteiger partial charge in [-0.2, -0.15) is 10.2 Å². The minimum atomic E-state index is 0.213. The van der Waals surface area contributed by atoms with Crippen LogP contribution < -0.4 is 0 Å². The van der Waals surface area contributed by atoms with Gasteiger partial charge >= 0.3 is 0 Å². The molecule has 5 nitrogen and oxygen atoms in total. The van der Waals surface area contributed by atoms with Crippen LogP contribution >= 0.6 is 0 Å². The van der Waals surface area contributed by atoms with Crippen molar-refractivity contribution in [3.63, 3.8) is 0 Å². The summed E-state index contributed by atoms with van der Waals surface area (Å²) in [6.07, 6.45) is 2.05. The first-order valence-corrected chi connectivity index (χ1v) is 6.29. The molecule has 96 valence electrons. The Morgan fingerprint density at radius 1 is 1.37 bits per heavy atom. The molecule has 0 spiro atoms. The van der Waals surface area contributed by atoms with Gasteiger partial charge in [-0.15, -0.1) is 0 Å². The summed E-state index contributed by atoms with van der Waals surface area (Å²) in [7, 11) is 0. The molecule has 1 aromatic carbocycles. The largest absolute Gasteiger partial charge is 0.381 e. The zero-order chi connectivity index (χ0) is 13.1. The molecule has 1 saturated heterocycles. The SMILES string of the molecule is N#Cc1cccc(-c2nc(C3CCCOC3)no2)c1. The number of ether oxygens (including phenoxy) is 1. The first-order chi connectivity index (χ1) is 9.36. The molecule has 5 heteroatoms. The molecule has 3 rings (SSSR count). The third-order valence-corrected chi connectivity index (χ3v) is 3.21. The zero-order valence-electron chi connectivity index (χ0n) is 10.4. The zero-order valence-corrected chi connectivity index (χ0v) is 10.4. The fraction of sp³-hybridized carbons (Fsp3) is 0.357. The number of hydrogen-bond acceptors (Lipinski definition) is 5. The van der Waals surface area contributed by atoms with Crippen molar-refractivity contribution in [1.29, 1.82) is 5.26 Å². The fourth-order valence-corrected chi connectivity index (χ4v) is 2.18. The predicted molar refractivity (Wildman–Crippen MR) is 67.2 cm³/mol. The summed E-state index contributed by atoms with van der Waals surface area (Å²) in [4.78, 5) is 4.41. The highest BCUT2D eigenvalue weighted by Gasteiger charge is 2.21. The molecule has 19 heavy (non-hydrogen) atoms. The summed E-state index contributed by atoms with van der Waals surface area (Å²) in [6.45, 7) is 1.46. The van der Waals surface area contributed by atoms with E-state index < -0.39 is 0 Å². The Labute approximate surface area is 110 Å². The van der Waals surface area contributed by atoms with Crippen LogP contribution in [0.25, 0.3) is 11.5 Å². The molecule has 1 atom stereocenters. The van der Waals surface area contributed by atoms with Gasteiger partial charge in [0.05, 0.1) is 18.2 Å². The molecular weight excluding hydrogens is 242 g/mol. The molecule has 1 aliphatic heterocycles. The van der Waals surface area contributed by atoms with Crippen molar-refractivity contribution < 1.29 is 9.26 Å². The minimum absolute atomic E-state index is 0.213. The van der Waals surface area contributed by atoms with Crippen molar-refractivity contribution >= 4 is 0 Å². The third-order valence-electron chi connectivity index (χ3n) is 3.21. The molecule has 2 aromatic rings. The van der Waals surface area contributed by atoms with Gasteiger partial charge in [0.15, 0.2) is 5.82 Å². The summed E-state index contributed by atoms with van der Waals surface area (Å²) >= 11 is 0. The topological polar surface area (TPSA) is 71.9 Å². The number of hydrogen-bond donors (Lipinski definition) is 0. The second-order valence-corrected chi connectivity index (χ2v) is 4.56.